The molecule has 0 radical (unpaired) electrons. The molecule has 0 N–H and O–H groups in total. The van der Waals surface area contributed by atoms with E-state index in [4.69, 9.17) is 4.74 Å². The molecule has 1 saturated carbocycles. The fourth-order valence-electron chi connectivity index (χ4n) is 2.96. The van der Waals surface area contributed by atoms with Crippen molar-refractivity contribution in [2.24, 2.45) is 0 Å². The summed E-state index contributed by atoms with van der Waals surface area (Å²) in [6.07, 6.45) is -2.95. The summed E-state index contributed by atoms with van der Waals surface area (Å²) in [4.78, 5) is 25.5. The van der Waals surface area contributed by atoms with Gasteiger partial charge in [-0.05, 0) is 43.5 Å². The number of hydrogen-bond donors (Lipinski definition) is 0. The molecule has 0 saturated heterocycles. The minimum absolute atomic E-state index is 0.0637. The topological polar surface area (TPSA) is 46.6 Å². The maximum Gasteiger partial charge on any atom is 0.416 e. The van der Waals surface area contributed by atoms with Gasteiger partial charge in [0, 0.05) is 18.2 Å². The Balaban J connectivity index is 1.71. The molecule has 0 spiro atoms. The molecule has 0 unspecified atom stereocenters. The van der Waals surface area contributed by atoms with E-state index in [2.05, 4.69) is 0 Å². The summed E-state index contributed by atoms with van der Waals surface area (Å²) in [6.45, 7) is 1.01. The van der Waals surface area contributed by atoms with Crippen LogP contribution < -0.4 is 4.74 Å². The van der Waals surface area contributed by atoms with E-state index >= 15 is 0 Å². The number of hydrogen-bond acceptors (Lipinski definition) is 3. The number of rotatable bonds is 7. The average Bonchev–Trinajstić information content (AvgIpc) is 3.49. The Morgan fingerprint density at radius 2 is 1.82 bits per heavy atom. The van der Waals surface area contributed by atoms with Crippen LogP contribution in [0.3, 0.4) is 0 Å². The molecule has 0 aromatic heterocycles. The highest BCUT2D eigenvalue weighted by molar-refractivity contribution is 5.94. The van der Waals surface area contributed by atoms with E-state index in [0.717, 1.165) is 18.9 Å². The molecule has 1 fully saturated rings. The number of ketones is 1. The zero-order chi connectivity index (χ0) is 20.3. The van der Waals surface area contributed by atoms with Crippen molar-refractivity contribution in [2.75, 3.05) is 6.61 Å². The van der Waals surface area contributed by atoms with Crippen LogP contribution in [-0.2, 0) is 17.5 Å². The summed E-state index contributed by atoms with van der Waals surface area (Å²) in [5.41, 5.74) is -0.208. The first-order chi connectivity index (χ1) is 13.3. The Kier molecular flexibility index (Phi) is 5.72. The third-order valence-corrected chi connectivity index (χ3v) is 4.57. The second-order valence-electron chi connectivity index (χ2n) is 6.78. The van der Waals surface area contributed by atoms with E-state index in [0.29, 0.717) is 11.3 Å². The van der Waals surface area contributed by atoms with Crippen molar-refractivity contribution in [1.29, 1.82) is 0 Å². The van der Waals surface area contributed by atoms with Crippen LogP contribution in [0, 0.1) is 0 Å². The lowest BCUT2D eigenvalue weighted by atomic mass is 10.1. The fourth-order valence-corrected chi connectivity index (χ4v) is 2.96. The Morgan fingerprint density at radius 3 is 2.46 bits per heavy atom. The normalized spacial score (nSPS) is 13.9. The quantitative estimate of drug-likeness (QED) is 0.654. The maximum atomic E-state index is 13.2. The van der Waals surface area contributed by atoms with Crippen molar-refractivity contribution in [2.45, 2.75) is 38.5 Å². The molecular formula is C21H20F3NO3. The van der Waals surface area contributed by atoms with Gasteiger partial charge >= 0.3 is 6.18 Å². The first-order valence-corrected chi connectivity index (χ1v) is 8.94. The van der Waals surface area contributed by atoms with Crippen molar-refractivity contribution < 1.29 is 27.5 Å². The number of halogens is 3. The predicted octanol–water partition coefficient (Wildman–Crippen LogP) is 4.48. The van der Waals surface area contributed by atoms with Crippen molar-refractivity contribution in [3.8, 4) is 5.75 Å². The molecular weight excluding hydrogens is 371 g/mol. The SMILES string of the molecule is CC(=O)c1cccc(OCC(=O)N(Cc2ccccc2C(F)(F)F)C2CC2)c1. The lowest BCUT2D eigenvalue weighted by Crippen LogP contribution is -2.36. The lowest BCUT2D eigenvalue weighted by molar-refractivity contribution is -0.140. The summed E-state index contributed by atoms with van der Waals surface area (Å²) < 4.78 is 45.2. The monoisotopic (exact) mass is 391 g/mol. The Bertz CT molecular complexity index is 875. The molecule has 3 rings (SSSR count). The van der Waals surface area contributed by atoms with Gasteiger partial charge < -0.3 is 9.64 Å². The number of ether oxygens (including phenoxy) is 1. The van der Waals surface area contributed by atoms with Crippen LogP contribution in [0.25, 0.3) is 0 Å². The molecule has 7 heteroatoms. The van der Waals surface area contributed by atoms with Gasteiger partial charge in [0.05, 0.1) is 5.56 Å². The Labute approximate surface area is 160 Å². The lowest BCUT2D eigenvalue weighted by Gasteiger charge is -2.24. The number of alkyl halides is 3. The molecule has 0 aliphatic heterocycles. The van der Waals surface area contributed by atoms with Gasteiger partial charge in [0.1, 0.15) is 5.75 Å². The molecule has 2 aromatic carbocycles. The van der Waals surface area contributed by atoms with E-state index in [1.807, 2.05) is 0 Å². The molecule has 28 heavy (non-hydrogen) atoms. The molecule has 1 aliphatic carbocycles. The second kappa shape index (κ2) is 8.04. The first-order valence-electron chi connectivity index (χ1n) is 8.94. The molecule has 148 valence electrons. The fraction of sp³-hybridized carbons (Fsp3) is 0.333. The average molecular weight is 391 g/mol. The summed E-state index contributed by atoms with van der Waals surface area (Å²) in [5, 5.41) is 0. The number of carbonyl (C=O) groups is 2. The molecule has 0 bridgehead atoms. The molecule has 2 aromatic rings. The van der Waals surface area contributed by atoms with E-state index in [9.17, 15) is 22.8 Å². The highest BCUT2D eigenvalue weighted by Crippen LogP contribution is 2.34. The first kappa shape index (κ1) is 19.9. The second-order valence-corrected chi connectivity index (χ2v) is 6.78. The van der Waals surface area contributed by atoms with Crippen LogP contribution in [0.2, 0.25) is 0 Å². The Hall–Kier alpha value is -2.83. The van der Waals surface area contributed by atoms with Gasteiger partial charge in [0.2, 0.25) is 0 Å². The zero-order valence-corrected chi connectivity index (χ0v) is 15.3. The van der Waals surface area contributed by atoms with Gasteiger partial charge in [0.25, 0.3) is 5.91 Å². The van der Waals surface area contributed by atoms with Crippen LogP contribution in [0.15, 0.2) is 48.5 Å². The maximum absolute atomic E-state index is 13.2. The summed E-state index contributed by atoms with van der Waals surface area (Å²) in [6, 6.07) is 11.7. The summed E-state index contributed by atoms with van der Waals surface area (Å²) >= 11 is 0. The highest BCUT2D eigenvalue weighted by Gasteiger charge is 2.37. The van der Waals surface area contributed by atoms with Crippen LogP contribution in [0.1, 0.15) is 41.3 Å². The van der Waals surface area contributed by atoms with E-state index in [-0.39, 0.29) is 36.4 Å². The van der Waals surface area contributed by atoms with Crippen molar-refractivity contribution in [3.63, 3.8) is 0 Å². The van der Waals surface area contributed by atoms with Crippen LogP contribution >= 0.6 is 0 Å². The number of amides is 1. The summed E-state index contributed by atoms with van der Waals surface area (Å²) in [5.74, 6) is -0.139. The van der Waals surface area contributed by atoms with E-state index < -0.39 is 11.7 Å². The van der Waals surface area contributed by atoms with Gasteiger partial charge in [-0.25, -0.2) is 0 Å². The van der Waals surface area contributed by atoms with Crippen LogP contribution in [-0.4, -0.2) is 29.2 Å². The summed E-state index contributed by atoms with van der Waals surface area (Å²) in [7, 11) is 0. The van der Waals surface area contributed by atoms with Crippen molar-refractivity contribution >= 4 is 11.7 Å². The smallest absolute Gasteiger partial charge is 0.416 e. The van der Waals surface area contributed by atoms with Gasteiger partial charge in [-0.15, -0.1) is 0 Å². The largest absolute Gasteiger partial charge is 0.484 e. The third-order valence-electron chi connectivity index (χ3n) is 4.57. The van der Waals surface area contributed by atoms with Gasteiger partial charge in [-0.2, -0.15) is 13.2 Å². The molecule has 1 amide bonds. The van der Waals surface area contributed by atoms with E-state index in [1.165, 1.54) is 36.1 Å². The minimum Gasteiger partial charge on any atom is -0.484 e. The van der Waals surface area contributed by atoms with Crippen LogP contribution in [0.4, 0.5) is 13.2 Å². The van der Waals surface area contributed by atoms with Crippen molar-refractivity contribution in [1.82, 2.24) is 4.90 Å². The van der Waals surface area contributed by atoms with Gasteiger partial charge in [0.15, 0.2) is 12.4 Å². The highest BCUT2D eigenvalue weighted by atomic mass is 19.4. The Morgan fingerprint density at radius 1 is 1.11 bits per heavy atom. The number of Topliss-reactive ketones (excluding diaryl/α,β-unsaturated/α-hetero) is 1. The standard InChI is InChI=1S/C21H20F3NO3/c1-14(26)15-6-4-7-18(11-15)28-13-20(27)25(17-9-10-17)12-16-5-2-3-8-19(16)21(22,23)24/h2-8,11,17H,9-10,12-13H2,1H3. The molecule has 4 nitrogen and oxygen atoms in total. The van der Waals surface area contributed by atoms with E-state index in [1.54, 1.807) is 18.2 Å². The zero-order valence-electron chi connectivity index (χ0n) is 15.3. The number of nitrogens with zero attached hydrogens (tertiary/aromatic N) is 1. The van der Waals surface area contributed by atoms with Crippen molar-refractivity contribution in [3.05, 3.63) is 65.2 Å². The number of carbonyl (C=O) groups excluding carboxylic acids is 2. The minimum atomic E-state index is -4.47. The third kappa shape index (κ3) is 4.91. The van der Waals surface area contributed by atoms with Gasteiger partial charge in [-0.1, -0.05) is 30.3 Å². The number of benzene rings is 2. The molecule has 0 heterocycles. The van der Waals surface area contributed by atoms with Gasteiger partial charge in [-0.3, -0.25) is 9.59 Å². The molecule has 1 aliphatic rings. The predicted molar refractivity (Wildman–Crippen MR) is 97.0 cm³/mol. The molecule has 0 atom stereocenters. The van der Waals surface area contributed by atoms with Crippen LogP contribution in [0.5, 0.6) is 5.75 Å².